The van der Waals surface area contributed by atoms with Crippen molar-refractivity contribution >= 4 is 51.3 Å². The Morgan fingerprint density at radius 2 is 2.03 bits per heavy atom. The maximum atomic E-state index is 13.3. The summed E-state index contributed by atoms with van der Waals surface area (Å²) in [6, 6.07) is 9.81. The number of anilines is 1. The third-order valence-electron chi connectivity index (χ3n) is 4.94. The average molecular weight is 529 g/mol. The van der Waals surface area contributed by atoms with Crippen molar-refractivity contribution in [1.29, 1.82) is 0 Å². The fourth-order valence-corrected chi connectivity index (χ4v) is 5.77. The first-order valence-electron chi connectivity index (χ1n) is 10.4. The highest BCUT2D eigenvalue weighted by atomic mass is 32.2. The fourth-order valence-electron chi connectivity index (χ4n) is 3.33. The van der Waals surface area contributed by atoms with Crippen molar-refractivity contribution in [2.45, 2.75) is 18.1 Å². The summed E-state index contributed by atoms with van der Waals surface area (Å²) in [7, 11) is 1.27. The van der Waals surface area contributed by atoms with Gasteiger partial charge in [-0.1, -0.05) is 36.0 Å². The molecule has 0 aliphatic heterocycles. The van der Waals surface area contributed by atoms with Gasteiger partial charge in [0.2, 0.25) is 5.91 Å². The first-order chi connectivity index (χ1) is 17.0. The number of ether oxygens (including phenoxy) is 1. The van der Waals surface area contributed by atoms with Gasteiger partial charge in [0, 0.05) is 28.8 Å². The lowest BCUT2D eigenvalue weighted by Crippen LogP contribution is -2.16. The van der Waals surface area contributed by atoms with Gasteiger partial charge in [-0.25, -0.2) is 9.18 Å². The lowest BCUT2D eigenvalue weighted by Gasteiger charge is -2.09. The molecule has 7 nitrogen and oxygen atoms in total. The molecule has 3 heterocycles. The van der Waals surface area contributed by atoms with Gasteiger partial charge in [0.05, 0.1) is 12.9 Å². The number of nitrogens with zero attached hydrogens (tertiary/aromatic N) is 3. The Morgan fingerprint density at radius 1 is 1.23 bits per heavy atom. The predicted molar refractivity (Wildman–Crippen MR) is 138 cm³/mol. The van der Waals surface area contributed by atoms with Gasteiger partial charge in [0.15, 0.2) is 5.16 Å². The zero-order chi connectivity index (χ0) is 24.8. The van der Waals surface area contributed by atoms with Gasteiger partial charge in [-0.3, -0.25) is 4.79 Å². The van der Waals surface area contributed by atoms with E-state index in [4.69, 9.17) is 4.74 Å². The molecule has 4 rings (SSSR count). The summed E-state index contributed by atoms with van der Waals surface area (Å²) in [6.07, 6.45) is 2.41. The van der Waals surface area contributed by atoms with Gasteiger partial charge < -0.3 is 14.6 Å². The third-order valence-corrected chi connectivity index (χ3v) is 7.68. The molecule has 0 fully saturated rings. The molecule has 1 aromatic carbocycles. The molecule has 0 bridgehead atoms. The van der Waals surface area contributed by atoms with Crippen LogP contribution in [0.4, 0.5) is 9.39 Å². The highest BCUT2D eigenvalue weighted by molar-refractivity contribution is 7.99. The summed E-state index contributed by atoms with van der Waals surface area (Å²) in [6.45, 7) is 4.33. The van der Waals surface area contributed by atoms with Crippen LogP contribution in [0.5, 0.6) is 0 Å². The molecule has 0 radical (unpaired) electrons. The van der Waals surface area contributed by atoms with E-state index in [0.717, 1.165) is 5.82 Å². The molecule has 0 unspecified atom stereocenters. The summed E-state index contributed by atoms with van der Waals surface area (Å²) < 4.78 is 20.2. The number of nitrogens with one attached hydrogen (secondary N) is 1. The zero-order valence-electron chi connectivity index (χ0n) is 18.7. The van der Waals surface area contributed by atoms with Crippen LogP contribution in [0, 0.1) is 5.82 Å². The van der Waals surface area contributed by atoms with E-state index in [1.807, 2.05) is 22.1 Å². The molecule has 0 aliphatic carbocycles. The normalized spacial score (nSPS) is 10.8. The minimum Gasteiger partial charge on any atom is -0.465 e. The predicted octanol–water partition coefficient (Wildman–Crippen LogP) is 5.50. The number of benzene rings is 1. The monoisotopic (exact) mass is 528 g/mol. The van der Waals surface area contributed by atoms with Gasteiger partial charge >= 0.3 is 5.97 Å². The number of methoxy groups -OCH3 is 1. The number of esters is 1. The maximum absolute atomic E-state index is 13.3. The van der Waals surface area contributed by atoms with Crippen molar-refractivity contribution in [1.82, 2.24) is 14.8 Å². The zero-order valence-corrected chi connectivity index (χ0v) is 21.1. The molecule has 0 saturated heterocycles. The summed E-state index contributed by atoms with van der Waals surface area (Å²) in [5.74, 6) is -0.404. The van der Waals surface area contributed by atoms with Crippen LogP contribution in [0.2, 0.25) is 0 Å². The first kappa shape index (κ1) is 24.8. The van der Waals surface area contributed by atoms with Gasteiger partial charge in [0.1, 0.15) is 22.2 Å². The number of thioether (sulfide) groups is 1. The van der Waals surface area contributed by atoms with Crippen molar-refractivity contribution in [2.24, 2.45) is 0 Å². The first-order valence-corrected chi connectivity index (χ1v) is 13.2. The maximum Gasteiger partial charge on any atom is 0.341 e. The van der Waals surface area contributed by atoms with E-state index in [-0.39, 0.29) is 23.0 Å². The minimum atomic E-state index is -0.586. The summed E-state index contributed by atoms with van der Waals surface area (Å²) in [4.78, 5) is 26.4. The van der Waals surface area contributed by atoms with Crippen LogP contribution in [-0.4, -0.2) is 39.5 Å². The van der Waals surface area contributed by atoms with Crippen molar-refractivity contribution in [3.05, 3.63) is 81.9 Å². The van der Waals surface area contributed by atoms with Gasteiger partial charge in [-0.15, -0.1) is 39.4 Å². The van der Waals surface area contributed by atoms with Crippen LogP contribution in [0.1, 0.15) is 21.1 Å². The second-order valence-corrected chi connectivity index (χ2v) is 10.1. The lowest BCUT2D eigenvalue weighted by molar-refractivity contribution is -0.113. The number of amides is 1. The Labute approximate surface area is 213 Å². The summed E-state index contributed by atoms with van der Waals surface area (Å²) in [5.41, 5.74) is 1.44. The third kappa shape index (κ3) is 5.87. The Morgan fingerprint density at radius 3 is 2.71 bits per heavy atom. The van der Waals surface area contributed by atoms with Crippen LogP contribution >= 0.6 is 34.4 Å². The van der Waals surface area contributed by atoms with E-state index in [1.165, 1.54) is 47.2 Å². The number of rotatable bonds is 10. The van der Waals surface area contributed by atoms with Crippen molar-refractivity contribution in [3.8, 4) is 11.1 Å². The lowest BCUT2D eigenvalue weighted by atomic mass is 10.0. The molecule has 0 atom stereocenters. The number of hydrogen-bond donors (Lipinski definition) is 1. The van der Waals surface area contributed by atoms with E-state index < -0.39 is 5.97 Å². The van der Waals surface area contributed by atoms with Gasteiger partial charge in [-0.2, -0.15) is 0 Å². The molecule has 0 aliphatic rings. The van der Waals surface area contributed by atoms with Crippen LogP contribution in [-0.2, 0) is 22.5 Å². The van der Waals surface area contributed by atoms with Crippen molar-refractivity contribution in [2.75, 3.05) is 18.2 Å². The molecular formula is C24H21FN4O3S3. The summed E-state index contributed by atoms with van der Waals surface area (Å²) in [5, 5.41) is 16.1. The summed E-state index contributed by atoms with van der Waals surface area (Å²) >= 11 is 4.10. The minimum absolute atomic E-state index is 0.0681. The topological polar surface area (TPSA) is 86.1 Å². The largest absolute Gasteiger partial charge is 0.465 e. The molecule has 11 heteroatoms. The van der Waals surface area contributed by atoms with Crippen LogP contribution in [0.3, 0.4) is 0 Å². The quantitative estimate of drug-likeness (QED) is 0.166. The SMILES string of the molecule is C=CCn1c(Cc2cccs2)nnc1SCC(=O)Nc1scc(-c2ccc(F)cc2)c1C(=O)OC. The molecule has 4 aromatic rings. The molecule has 1 N–H and O–H groups in total. The number of allylic oxidation sites excluding steroid dienone is 1. The Bertz CT molecular complexity index is 1330. The van der Waals surface area contributed by atoms with Crippen LogP contribution in [0.25, 0.3) is 11.1 Å². The Kier molecular flexibility index (Phi) is 8.11. The molecule has 1 amide bonds. The average Bonchev–Trinajstić information content (AvgIpc) is 3.60. The number of carbonyl (C=O) groups is 2. The number of hydrogen-bond acceptors (Lipinski definition) is 8. The molecule has 180 valence electrons. The van der Waals surface area contributed by atoms with Gasteiger partial charge in [0.25, 0.3) is 0 Å². The number of halogens is 1. The standard InChI is InChI=1S/C24H21FN4O3S3/c1-3-10-29-19(12-17-5-4-11-33-17)27-28-24(29)35-14-20(30)26-22-21(23(31)32-2)18(13-34-22)15-6-8-16(25)9-7-15/h3-9,11,13H,1,10,12,14H2,2H3,(H,26,30). The highest BCUT2D eigenvalue weighted by Crippen LogP contribution is 2.36. The Hall–Kier alpha value is -3.28. The van der Waals surface area contributed by atoms with Crippen molar-refractivity contribution < 1.29 is 18.7 Å². The van der Waals surface area contributed by atoms with E-state index in [2.05, 4.69) is 22.1 Å². The molecule has 3 aromatic heterocycles. The molecule has 0 spiro atoms. The van der Waals surface area contributed by atoms with E-state index in [9.17, 15) is 14.0 Å². The fraction of sp³-hybridized carbons (Fsp3) is 0.167. The molecule has 0 saturated carbocycles. The highest BCUT2D eigenvalue weighted by Gasteiger charge is 2.23. The number of carbonyl (C=O) groups excluding carboxylic acids is 2. The van der Waals surface area contributed by atoms with Crippen molar-refractivity contribution in [3.63, 3.8) is 0 Å². The molecular weight excluding hydrogens is 507 g/mol. The Balaban J connectivity index is 1.48. The van der Waals surface area contributed by atoms with E-state index >= 15 is 0 Å². The van der Waals surface area contributed by atoms with E-state index in [1.54, 1.807) is 34.9 Å². The number of thiophene rings is 2. The molecule has 35 heavy (non-hydrogen) atoms. The second kappa shape index (κ2) is 11.4. The number of aromatic nitrogens is 3. The van der Waals surface area contributed by atoms with Gasteiger partial charge in [-0.05, 0) is 29.1 Å². The second-order valence-electron chi connectivity index (χ2n) is 7.24. The smallest absolute Gasteiger partial charge is 0.341 e. The van der Waals surface area contributed by atoms with E-state index in [0.29, 0.717) is 34.2 Å². The van der Waals surface area contributed by atoms with Crippen LogP contribution < -0.4 is 5.32 Å². The van der Waals surface area contributed by atoms with Crippen LogP contribution in [0.15, 0.2) is 65.0 Å².